The molecule has 0 aliphatic carbocycles. The van der Waals surface area contributed by atoms with Gasteiger partial charge in [0.2, 0.25) is 5.91 Å². The summed E-state index contributed by atoms with van der Waals surface area (Å²) in [6.07, 6.45) is 5.08. The molecule has 29 heavy (non-hydrogen) atoms. The van der Waals surface area contributed by atoms with Crippen LogP contribution in [-0.2, 0) is 23.5 Å². The van der Waals surface area contributed by atoms with Gasteiger partial charge in [0.05, 0.1) is 0 Å². The Bertz CT molecular complexity index is 902. The normalized spacial score (nSPS) is 15.6. The Kier molecular flexibility index (Phi) is 5.91. The molecule has 1 aliphatic rings. The van der Waals surface area contributed by atoms with Crippen LogP contribution < -0.4 is 15.4 Å². The fraction of sp³-hybridized carbons (Fsp3) is 0.304. The molecule has 1 aliphatic heterocycles. The second kappa shape index (κ2) is 8.92. The highest BCUT2D eigenvalue weighted by Crippen LogP contribution is 2.27. The maximum Gasteiger partial charge on any atom is 0.248 e. The van der Waals surface area contributed by atoms with Crippen LogP contribution in [0.25, 0.3) is 0 Å². The third-order valence-corrected chi connectivity index (χ3v) is 5.42. The number of piperidine rings is 1. The first-order valence-electron chi connectivity index (χ1n) is 10.0. The molecule has 0 saturated carbocycles. The Morgan fingerprint density at radius 2 is 1.76 bits per heavy atom. The molecule has 1 saturated heterocycles. The number of carbonyl (C=O) groups is 1. The van der Waals surface area contributed by atoms with Crippen LogP contribution >= 0.6 is 0 Å². The van der Waals surface area contributed by atoms with E-state index < -0.39 is 5.54 Å². The number of nitrogens with one attached hydrogen (secondary N) is 2. The van der Waals surface area contributed by atoms with E-state index in [-0.39, 0.29) is 5.91 Å². The van der Waals surface area contributed by atoms with Crippen LogP contribution in [0.3, 0.4) is 0 Å². The second-order valence-corrected chi connectivity index (χ2v) is 7.33. The average Bonchev–Trinajstić information content (AvgIpc) is 3.33. The average molecular weight is 390 g/mol. The topological polar surface area (TPSA) is 68.2 Å². The van der Waals surface area contributed by atoms with E-state index in [0.29, 0.717) is 13.2 Å². The smallest absolute Gasteiger partial charge is 0.248 e. The van der Waals surface area contributed by atoms with Crippen LogP contribution in [0, 0.1) is 0 Å². The third-order valence-electron chi connectivity index (χ3n) is 5.42. The van der Waals surface area contributed by atoms with Gasteiger partial charge in [0, 0.05) is 18.9 Å². The van der Waals surface area contributed by atoms with Gasteiger partial charge in [0.15, 0.2) is 0 Å². The molecular formula is C23H26N4O2. The summed E-state index contributed by atoms with van der Waals surface area (Å²) in [7, 11) is 0. The van der Waals surface area contributed by atoms with Gasteiger partial charge < -0.3 is 15.4 Å². The summed E-state index contributed by atoms with van der Waals surface area (Å²) in [5.41, 5.74) is 1.54. The largest absolute Gasteiger partial charge is 0.489 e. The Morgan fingerprint density at radius 1 is 1.03 bits per heavy atom. The zero-order valence-electron chi connectivity index (χ0n) is 16.4. The Balaban J connectivity index is 1.35. The minimum Gasteiger partial charge on any atom is -0.489 e. The van der Waals surface area contributed by atoms with E-state index in [0.717, 1.165) is 42.8 Å². The lowest BCUT2D eigenvalue weighted by atomic mass is 9.87. The van der Waals surface area contributed by atoms with Crippen molar-refractivity contribution in [3.05, 3.63) is 84.2 Å². The van der Waals surface area contributed by atoms with E-state index in [4.69, 9.17) is 4.74 Å². The molecule has 2 N–H and O–H groups in total. The molecule has 2 heterocycles. The van der Waals surface area contributed by atoms with Crippen molar-refractivity contribution in [3.8, 4) is 5.75 Å². The zero-order chi connectivity index (χ0) is 19.9. The number of ether oxygens (including phenoxy) is 1. The van der Waals surface area contributed by atoms with E-state index in [9.17, 15) is 4.79 Å². The predicted molar refractivity (Wildman–Crippen MR) is 111 cm³/mol. The molecule has 3 aromatic rings. The zero-order valence-corrected chi connectivity index (χ0v) is 16.4. The van der Waals surface area contributed by atoms with Crippen molar-refractivity contribution in [2.75, 3.05) is 13.1 Å². The highest BCUT2D eigenvalue weighted by molar-refractivity contribution is 5.84. The summed E-state index contributed by atoms with van der Waals surface area (Å²) in [6.45, 7) is 2.63. The van der Waals surface area contributed by atoms with Crippen LogP contribution in [0.15, 0.2) is 73.1 Å². The molecule has 1 amide bonds. The molecule has 2 aromatic carbocycles. The first-order valence-corrected chi connectivity index (χ1v) is 10.0. The third kappa shape index (κ3) is 4.49. The van der Waals surface area contributed by atoms with Gasteiger partial charge in [-0.25, -0.2) is 0 Å². The van der Waals surface area contributed by atoms with Crippen molar-refractivity contribution in [1.29, 1.82) is 0 Å². The number of para-hydroxylation sites is 1. The Morgan fingerprint density at radius 3 is 2.45 bits per heavy atom. The summed E-state index contributed by atoms with van der Waals surface area (Å²) >= 11 is 0. The van der Waals surface area contributed by atoms with Gasteiger partial charge in [-0.1, -0.05) is 42.5 Å². The number of benzene rings is 2. The summed E-state index contributed by atoms with van der Waals surface area (Å²) in [6, 6.07) is 19.8. The van der Waals surface area contributed by atoms with Gasteiger partial charge in [-0.05, 0) is 55.3 Å². The summed E-state index contributed by atoms with van der Waals surface area (Å²) in [5.74, 6) is 0.883. The standard InChI is InChI=1S/C23H26N4O2/c28-22(23(11-14-24-15-12-23)27-16-4-13-26-27)25-17-19-7-9-20(10-8-19)18-29-21-5-2-1-3-6-21/h1-10,13,16,24H,11-12,14-15,17-18H2,(H,25,28). The van der Waals surface area contributed by atoms with E-state index in [2.05, 4.69) is 15.7 Å². The molecule has 150 valence electrons. The fourth-order valence-electron chi connectivity index (χ4n) is 3.71. The molecule has 0 bridgehead atoms. The van der Waals surface area contributed by atoms with Gasteiger partial charge in [-0.15, -0.1) is 0 Å². The number of nitrogens with zero attached hydrogens (tertiary/aromatic N) is 2. The van der Waals surface area contributed by atoms with E-state index >= 15 is 0 Å². The number of hydrogen-bond donors (Lipinski definition) is 2. The number of amides is 1. The molecule has 6 heteroatoms. The van der Waals surface area contributed by atoms with Crippen molar-refractivity contribution in [2.45, 2.75) is 31.5 Å². The molecule has 1 fully saturated rings. The minimum atomic E-state index is -0.613. The maximum absolute atomic E-state index is 13.1. The number of aromatic nitrogens is 2. The first kappa shape index (κ1) is 19.2. The highest BCUT2D eigenvalue weighted by Gasteiger charge is 2.41. The van der Waals surface area contributed by atoms with Gasteiger partial charge in [-0.2, -0.15) is 5.10 Å². The monoisotopic (exact) mass is 390 g/mol. The SMILES string of the molecule is O=C(NCc1ccc(COc2ccccc2)cc1)C1(n2cccn2)CCNCC1. The summed E-state index contributed by atoms with van der Waals surface area (Å²) in [5, 5.41) is 10.8. The highest BCUT2D eigenvalue weighted by atomic mass is 16.5. The van der Waals surface area contributed by atoms with Crippen molar-refractivity contribution >= 4 is 5.91 Å². The molecule has 1 aromatic heterocycles. The number of hydrogen-bond acceptors (Lipinski definition) is 4. The molecule has 4 rings (SSSR count). The molecule has 6 nitrogen and oxygen atoms in total. The van der Waals surface area contributed by atoms with Gasteiger partial charge >= 0.3 is 0 Å². The van der Waals surface area contributed by atoms with Crippen molar-refractivity contribution in [2.24, 2.45) is 0 Å². The van der Waals surface area contributed by atoms with E-state index in [1.54, 1.807) is 6.20 Å². The summed E-state index contributed by atoms with van der Waals surface area (Å²) < 4.78 is 7.59. The Hall–Kier alpha value is -3.12. The van der Waals surface area contributed by atoms with Crippen molar-refractivity contribution in [1.82, 2.24) is 20.4 Å². The van der Waals surface area contributed by atoms with Crippen LogP contribution in [0.5, 0.6) is 5.75 Å². The molecule has 0 atom stereocenters. The van der Waals surface area contributed by atoms with E-state index in [1.165, 1.54) is 0 Å². The fourth-order valence-corrected chi connectivity index (χ4v) is 3.71. The minimum absolute atomic E-state index is 0.0270. The molecule has 0 unspecified atom stereocenters. The quantitative estimate of drug-likeness (QED) is 0.651. The predicted octanol–water partition coefficient (Wildman–Crippen LogP) is 2.86. The first-order chi connectivity index (χ1) is 14.3. The Labute approximate surface area is 170 Å². The van der Waals surface area contributed by atoms with Gasteiger partial charge in [-0.3, -0.25) is 9.48 Å². The maximum atomic E-state index is 13.1. The van der Waals surface area contributed by atoms with Crippen LogP contribution in [0.2, 0.25) is 0 Å². The van der Waals surface area contributed by atoms with Gasteiger partial charge in [0.25, 0.3) is 0 Å². The van der Waals surface area contributed by atoms with Crippen LogP contribution in [0.4, 0.5) is 0 Å². The van der Waals surface area contributed by atoms with Crippen LogP contribution in [0.1, 0.15) is 24.0 Å². The van der Waals surface area contributed by atoms with E-state index in [1.807, 2.05) is 71.5 Å². The number of carbonyl (C=O) groups excluding carboxylic acids is 1. The summed E-state index contributed by atoms with van der Waals surface area (Å²) in [4.78, 5) is 13.1. The lowest BCUT2D eigenvalue weighted by Gasteiger charge is -2.36. The second-order valence-electron chi connectivity index (χ2n) is 7.33. The molecular weight excluding hydrogens is 364 g/mol. The molecule has 0 spiro atoms. The van der Waals surface area contributed by atoms with Crippen LogP contribution in [-0.4, -0.2) is 28.8 Å². The lowest BCUT2D eigenvalue weighted by Crippen LogP contribution is -2.54. The lowest BCUT2D eigenvalue weighted by molar-refractivity contribution is -0.132. The van der Waals surface area contributed by atoms with Gasteiger partial charge in [0.1, 0.15) is 17.9 Å². The van der Waals surface area contributed by atoms with Crippen molar-refractivity contribution < 1.29 is 9.53 Å². The molecule has 0 radical (unpaired) electrons. The number of rotatable bonds is 7. The van der Waals surface area contributed by atoms with Crippen molar-refractivity contribution in [3.63, 3.8) is 0 Å².